The Morgan fingerprint density at radius 1 is 1.04 bits per heavy atom. The van der Waals surface area contributed by atoms with E-state index in [1.54, 1.807) is 30.3 Å². The molecule has 6 nitrogen and oxygen atoms in total. The van der Waals surface area contributed by atoms with Crippen molar-refractivity contribution in [3.8, 4) is 11.3 Å². The molecular weight excluding hydrogens is 350 g/mol. The normalized spacial score (nSPS) is 11.6. The number of hydrogen-bond donors (Lipinski definition) is 3. The lowest BCUT2D eigenvalue weighted by Gasteiger charge is -2.15. The smallest absolute Gasteiger partial charge is 0.251 e. The summed E-state index contributed by atoms with van der Waals surface area (Å²) in [6.45, 7) is -0.513. The monoisotopic (exact) mass is 367 g/mol. The predicted octanol–water partition coefficient (Wildman–Crippen LogP) is 2.54. The largest absolute Gasteiger partial charge is 0.394 e. The molecule has 0 bridgehead atoms. The molecule has 7 heteroatoms. The summed E-state index contributed by atoms with van der Waals surface area (Å²) in [6.07, 6.45) is 0. The minimum Gasteiger partial charge on any atom is -0.394 e. The summed E-state index contributed by atoms with van der Waals surface area (Å²) in [6, 6.07) is 17.0. The van der Waals surface area contributed by atoms with Crippen molar-refractivity contribution in [3.63, 3.8) is 0 Å². The maximum Gasteiger partial charge on any atom is 0.251 e. The van der Waals surface area contributed by atoms with Crippen LogP contribution in [-0.2, 0) is 4.79 Å². The zero-order valence-corrected chi connectivity index (χ0v) is 14.6. The van der Waals surface area contributed by atoms with Crippen molar-refractivity contribution in [2.45, 2.75) is 6.04 Å². The molecule has 3 N–H and O–H groups in total. The number of carbonyl (C=O) groups excluding carboxylic acids is 2. The Balaban J connectivity index is 1.64. The lowest BCUT2D eigenvalue weighted by atomic mass is 10.2. The molecule has 1 aromatic heterocycles. The zero-order chi connectivity index (χ0) is 18.4. The van der Waals surface area contributed by atoms with Crippen LogP contribution in [0.3, 0.4) is 0 Å². The van der Waals surface area contributed by atoms with E-state index >= 15 is 0 Å². The van der Waals surface area contributed by atoms with Gasteiger partial charge in [-0.15, -0.1) is 11.3 Å². The molecule has 0 unspecified atom stereocenters. The van der Waals surface area contributed by atoms with Gasteiger partial charge in [0.05, 0.1) is 12.3 Å². The number of rotatable bonds is 6. The number of anilines is 1. The van der Waals surface area contributed by atoms with Crippen LogP contribution in [0, 0.1) is 0 Å². The molecule has 3 aromatic rings. The number of aliphatic hydroxyl groups excluding tert-OH is 1. The number of aliphatic hydroxyl groups is 1. The second-order valence-corrected chi connectivity index (χ2v) is 6.33. The lowest BCUT2D eigenvalue weighted by molar-refractivity contribution is -0.118. The van der Waals surface area contributed by atoms with E-state index in [1.807, 2.05) is 35.7 Å². The van der Waals surface area contributed by atoms with Gasteiger partial charge < -0.3 is 15.7 Å². The van der Waals surface area contributed by atoms with Crippen molar-refractivity contribution >= 4 is 28.3 Å². The van der Waals surface area contributed by atoms with E-state index in [4.69, 9.17) is 0 Å². The van der Waals surface area contributed by atoms with Gasteiger partial charge in [0.25, 0.3) is 11.8 Å². The highest BCUT2D eigenvalue weighted by Crippen LogP contribution is 2.24. The molecule has 26 heavy (non-hydrogen) atoms. The minimum absolute atomic E-state index is 0.404. The minimum atomic E-state index is -1.06. The van der Waals surface area contributed by atoms with E-state index in [1.165, 1.54) is 11.3 Å². The van der Waals surface area contributed by atoms with Crippen molar-refractivity contribution in [3.05, 3.63) is 71.6 Å². The molecule has 3 rings (SSSR count). The van der Waals surface area contributed by atoms with Crippen molar-refractivity contribution < 1.29 is 14.7 Å². The summed E-state index contributed by atoms with van der Waals surface area (Å²) in [7, 11) is 0. The second-order valence-electron chi connectivity index (χ2n) is 5.47. The maximum atomic E-state index is 12.3. The molecule has 132 valence electrons. The maximum absolute atomic E-state index is 12.3. The van der Waals surface area contributed by atoms with Gasteiger partial charge in [-0.3, -0.25) is 9.59 Å². The third-order valence-corrected chi connectivity index (χ3v) is 4.40. The Morgan fingerprint density at radius 2 is 1.69 bits per heavy atom. The van der Waals surface area contributed by atoms with Gasteiger partial charge in [-0.25, -0.2) is 4.98 Å². The standard InChI is InChI=1S/C19H17N3O3S/c23-11-15(20-17(24)14-9-5-2-6-10-14)18(25)22-19-21-16(12-26-19)13-7-3-1-4-8-13/h1-10,12,15,23H,11H2,(H,20,24)(H,21,22,25)/t15-/m0/s1. The van der Waals surface area contributed by atoms with Crippen LogP contribution >= 0.6 is 11.3 Å². The molecule has 2 aromatic carbocycles. The average molecular weight is 367 g/mol. The summed E-state index contributed by atoms with van der Waals surface area (Å²) >= 11 is 1.28. The van der Waals surface area contributed by atoms with Crippen molar-refractivity contribution in [1.82, 2.24) is 10.3 Å². The summed E-state index contributed by atoms with van der Waals surface area (Å²) in [4.78, 5) is 28.8. The van der Waals surface area contributed by atoms with E-state index in [0.717, 1.165) is 11.3 Å². The molecule has 0 saturated carbocycles. The van der Waals surface area contributed by atoms with Crippen LogP contribution in [0.15, 0.2) is 66.0 Å². The average Bonchev–Trinajstić information content (AvgIpc) is 3.15. The number of carbonyl (C=O) groups is 2. The second kappa shape index (κ2) is 8.37. The highest BCUT2D eigenvalue weighted by atomic mass is 32.1. The fourth-order valence-corrected chi connectivity index (χ4v) is 3.01. The molecule has 0 saturated heterocycles. The molecule has 0 aliphatic heterocycles. The van der Waals surface area contributed by atoms with E-state index in [0.29, 0.717) is 10.7 Å². The Hall–Kier alpha value is -3.03. The van der Waals surface area contributed by atoms with Crippen LogP contribution in [0.2, 0.25) is 0 Å². The van der Waals surface area contributed by atoms with Gasteiger partial charge in [-0.05, 0) is 12.1 Å². The first kappa shape index (κ1) is 17.8. The molecule has 0 spiro atoms. The fourth-order valence-electron chi connectivity index (χ4n) is 2.29. The number of aromatic nitrogens is 1. The van der Waals surface area contributed by atoms with Gasteiger partial charge >= 0.3 is 0 Å². The third-order valence-electron chi connectivity index (χ3n) is 3.64. The topological polar surface area (TPSA) is 91.3 Å². The Kier molecular flexibility index (Phi) is 5.73. The van der Waals surface area contributed by atoms with Crippen LogP contribution in [0.4, 0.5) is 5.13 Å². The Morgan fingerprint density at radius 3 is 2.35 bits per heavy atom. The quantitative estimate of drug-likeness (QED) is 0.624. The van der Waals surface area contributed by atoms with Crippen molar-refractivity contribution in [2.24, 2.45) is 0 Å². The predicted molar refractivity (Wildman–Crippen MR) is 101 cm³/mol. The molecule has 0 radical (unpaired) electrons. The van der Waals surface area contributed by atoms with E-state index < -0.39 is 24.5 Å². The van der Waals surface area contributed by atoms with Crippen LogP contribution in [0.1, 0.15) is 10.4 Å². The first-order chi connectivity index (χ1) is 12.7. The van der Waals surface area contributed by atoms with Gasteiger partial charge in [0.2, 0.25) is 0 Å². The number of nitrogens with zero attached hydrogens (tertiary/aromatic N) is 1. The molecule has 0 aliphatic carbocycles. The van der Waals surface area contributed by atoms with Gasteiger partial charge in [0, 0.05) is 16.5 Å². The number of amides is 2. The fraction of sp³-hybridized carbons (Fsp3) is 0.105. The van der Waals surface area contributed by atoms with Crippen LogP contribution in [0.25, 0.3) is 11.3 Å². The number of benzene rings is 2. The Labute approximate surface area is 154 Å². The van der Waals surface area contributed by atoms with Crippen molar-refractivity contribution in [2.75, 3.05) is 11.9 Å². The summed E-state index contributed by atoms with van der Waals surface area (Å²) < 4.78 is 0. The summed E-state index contributed by atoms with van der Waals surface area (Å²) in [5.41, 5.74) is 2.11. The van der Waals surface area contributed by atoms with Crippen LogP contribution < -0.4 is 10.6 Å². The first-order valence-electron chi connectivity index (χ1n) is 7.96. The Bertz CT molecular complexity index is 881. The molecular formula is C19H17N3O3S. The number of hydrogen-bond acceptors (Lipinski definition) is 5. The molecule has 2 amide bonds. The summed E-state index contributed by atoms with van der Waals surface area (Å²) in [5, 5.41) is 16.9. The number of nitrogens with one attached hydrogen (secondary N) is 2. The van der Waals surface area contributed by atoms with E-state index in [-0.39, 0.29) is 0 Å². The van der Waals surface area contributed by atoms with Gasteiger partial charge in [0.1, 0.15) is 6.04 Å². The van der Waals surface area contributed by atoms with Gasteiger partial charge in [0.15, 0.2) is 5.13 Å². The highest BCUT2D eigenvalue weighted by Gasteiger charge is 2.21. The van der Waals surface area contributed by atoms with Crippen LogP contribution in [-0.4, -0.2) is 34.6 Å². The molecule has 1 heterocycles. The van der Waals surface area contributed by atoms with Crippen molar-refractivity contribution in [1.29, 1.82) is 0 Å². The molecule has 1 atom stereocenters. The van der Waals surface area contributed by atoms with E-state index in [9.17, 15) is 14.7 Å². The molecule has 0 aliphatic rings. The van der Waals surface area contributed by atoms with E-state index in [2.05, 4.69) is 15.6 Å². The number of thiazole rings is 1. The van der Waals surface area contributed by atoms with Crippen LogP contribution in [0.5, 0.6) is 0 Å². The zero-order valence-electron chi connectivity index (χ0n) is 13.8. The SMILES string of the molecule is O=C(N[C@@H](CO)C(=O)Nc1nc(-c2ccccc2)cs1)c1ccccc1. The highest BCUT2D eigenvalue weighted by molar-refractivity contribution is 7.14. The summed E-state index contributed by atoms with van der Waals surface area (Å²) in [5.74, 6) is -0.949. The van der Waals surface area contributed by atoms with Gasteiger partial charge in [-0.1, -0.05) is 48.5 Å². The molecule has 0 fully saturated rings. The lowest BCUT2D eigenvalue weighted by Crippen LogP contribution is -2.46. The van der Waals surface area contributed by atoms with Gasteiger partial charge in [-0.2, -0.15) is 0 Å². The first-order valence-corrected chi connectivity index (χ1v) is 8.84. The third kappa shape index (κ3) is 4.33.